The first-order valence-electron chi connectivity index (χ1n) is 15.4. The highest BCUT2D eigenvalue weighted by molar-refractivity contribution is 5.93. The number of nitrogens with zero attached hydrogens (tertiary/aromatic N) is 8. The van der Waals surface area contributed by atoms with Crippen LogP contribution in [0.15, 0.2) is 29.3 Å². The van der Waals surface area contributed by atoms with Crippen LogP contribution in [0, 0.1) is 11.3 Å². The molecule has 2 N–H and O–H groups in total. The van der Waals surface area contributed by atoms with E-state index in [2.05, 4.69) is 41.2 Å². The fraction of sp³-hybridized carbons (Fsp3) is 0.586. The lowest BCUT2D eigenvalue weighted by atomic mass is 9.75. The molecule has 4 aromatic rings. The summed E-state index contributed by atoms with van der Waals surface area (Å²) in [6.07, 6.45) is 0.440. The molecule has 13 nitrogen and oxygen atoms in total. The van der Waals surface area contributed by atoms with Crippen LogP contribution in [0.2, 0.25) is 0 Å². The summed E-state index contributed by atoms with van der Waals surface area (Å²) in [4.78, 5) is 32.5. The Morgan fingerprint density at radius 1 is 1.13 bits per heavy atom. The average molecular weight is 663 g/mol. The summed E-state index contributed by atoms with van der Waals surface area (Å²) in [5.74, 6) is -4.40. The summed E-state index contributed by atoms with van der Waals surface area (Å²) in [6, 6.07) is -1.18. The van der Waals surface area contributed by atoms with Gasteiger partial charge in [-0.1, -0.05) is 5.16 Å². The summed E-state index contributed by atoms with van der Waals surface area (Å²) in [7, 11) is 1.57. The number of carbonyl (C=O) groups is 2. The third-order valence-electron chi connectivity index (χ3n) is 9.41. The van der Waals surface area contributed by atoms with E-state index in [-0.39, 0.29) is 56.1 Å². The first-order valence-corrected chi connectivity index (χ1v) is 15.4. The number of nitrogens with one attached hydrogen (secondary N) is 2. The highest BCUT2D eigenvalue weighted by Crippen LogP contribution is 2.44. The van der Waals surface area contributed by atoms with Gasteiger partial charge in [0.15, 0.2) is 11.3 Å². The maximum atomic E-state index is 14.1. The van der Waals surface area contributed by atoms with Crippen LogP contribution in [0.25, 0.3) is 5.65 Å². The molecule has 3 fully saturated rings. The van der Waals surface area contributed by atoms with E-state index in [1.165, 1.54) is 21.7 Å². The Labute approximate surface area is 263 Å². The van der Waals surface area contributed by atoms with Gasteiger partial charge < -0.3 is 10.6 Å². The predicted octanol–water partition coefficient (Wildman–Crippen LogP) is 3.64. The van der Waals surface area contributed by atoms with Gasteiger partial charge in [0.2, 0.25) is 11.8 Å². The molecule has 4 aromatic heterocycles. The van der Waals surface area contributed by atoms with Crippen LogP contribution in [0.4, 0.5) is 22.0 Å². The third kappa shape index (κ3) is 6.28. The zero-order valence-electron chi connectivity index (χ0n) is 25.2. The van der Waals surface area contributed by atoms with Crippen LogP contribution >= 0.6 is 0 Å². The van der Waals surface area contributed by atoms with Crippen LogP contribution < -0.4 is 10.6 Å². The molecule has 1 saturated heterocycles. The molecule has 18 heteroatoms. The Balaban J connectivity index is 1.18. The topological polar surface area (TPSA) is 158 Å². The smallest absolute Gasteiger partial charge is 0.344 e. The fourth-order valence-electron chi connectivity index (χ4n) is 6.81. The summed E-state index contributed by atoms with van der Waals surface area (Å²) in [5.41, 5.74) is 0.511. The van der Waals surface area contributed by atoms with E-state index in [9.17, 15) is 31.5 Å². The lowest BCUT2D eigenvalue weighted by Crippen LogP contribution is -2.39. The van der Waals surface area contributed by atoms with Crippen molar-refractivity contribution in [2.75, 3.05) is 0 Å². The van der Waals surface area contributed by atoms with Gasteiger partial charge in [0.1, 0.15) is 11.7 Å². The highest BCUT2D eigenvalue weighted by Gasteiger charge is 2.55. The monoisotopic (exact) mass is 662 g/mol. The Kier molecular flexibility index (Phi) is 7.50. The molecular formula is C29H31F5N10O3. The Hall–Kier alpha value is -4.51. The Morgan fingerprint density at radius 2 is 1.89 bits per heavy atom. The van der Waals surface area contributed by atoms with Gasteiger partial charge in [0.25, 0.3) is 5.91 Å². The van der Waals surface area contributed by atoms with Gasteiger partial charge >= 0.3 is 6.18 Å². The molecule has 0 radical (unpaired) electrons. The molecule has 0 bridgehead atoms. The zero-order valence-corrected chi connectivity index (χ0v) is 25.2. The number of amides is 2. The Bertz CT molecular complexity index is 1800. The second-order valence-electron chi connectivity index (χ2n) is 13.0. The SMILES string of the molecule is Cn1ncc(C[C@]2(Cc3cnn4cc([C@@H](NC(=O)c5nonc5C5CC5)C5CCC(F)(F)CC5)nc4c3)C[C@@H](C(F)(F)F)NC2=O)n1. The molecule has 250 valence electrons. The predicted molar refractivity (Wildman–Crippen MR) is 150 cm³/mol. The lowest BCUT2D eigenvalue weighted by Gasteiger charge is -2.33. The van der Waals surface area contributed by atoms with Crippen molar-refractivity contribution >= 4 is 17.5 Å². The van der Waals surface area contributed by atoms with E-state index in [1.54, 1.807) is 19.3 Å². The van der Waals surface area contributed by atoms with Crippen molar-refractivity contribution in [3.63, 3.8) is 0 Å². The molecule has 2 amide bonds. The van der Waals surface area contributed by atoms with Crippen molar-refractivity contribution in [2.45, 2.75) is 87.9 Å². The zero-order chi connectivity index (χ0) is 33.1. The first kappa shape index (κ1) is 31.1. The van der Waals surface area contributed by atoms with Crippen molar-refractivity contribution in [3.8, 4) is 0 Å². The minimum Gasteiger partial charge on any atom is -0.344 e. The van der Waals surface area contributed by atoms with Crippen molar-refractivity contribution in [1.29, 1.82) is 0 Å². The van der Waals surface area contributed by atoms with Gasteiger partial charge in [-0.3, -0.25) is 9.59 Å². The van der Waals surface area contributed by atoms with Gasteiger partial charge in [-0.2, -0.15) is 33.3 Å². The molecule has 0 unspecified atom stereocenters. The number of hydrogen-bond acceptors (Lipinski definition) is 9. The van der Waals surface area contributed by atoms with E-state index >= 15 is 0 Å². The third-order valence-corrected chi connectivity index (χ3v) is 9.41. The highest BCUT2D eigenvalue weighted by atomic mass is 19.4. The van der Waals surface area contributed by atoms with Crippen molar-refractivity contribution in [1.82, 2.24) is 50.5 Å². The van der Waals surface area contributed by atoms with Gasteiger partial charge in [0.05, 0.1) is 41.4 Å². The minimum atomic E-state index is -4.63. The van der Waals surface area contributed by atoms with Crippen LogP contribution in [-0.4, -0.2) is 69.9 Å². The molecule has 0 aromatic carbocycles. The molecule has 0 spiro atoms. The quantitative estimate of drug-likeness (QED) is 0.255. The summed E-state index contributed by atoms with van der Waals surface area (Å²) in [6.45, 7) is 0. The molecule has 1 aliphatic heterocycles. The average Bonchev–Trinajstić information content (AvgIpc) is 3.31. The molecule has 3 atom stereocenters. The molecule has 2 aliphatic carbocycles. The molecule has 47 heavy (non-hydrogen) atoms. The lowest BCUT2D eigenvalue weighted by molar-refractivity contribution is -0.155. The number of fused-ring (bicyclic) bond motifs is 1. The summed E-state index contributed by atoms with van der Waals surface area (Å²) in [5, 5.41) is 25.3. The maximum Gasteiger partial charge on any atom is 0.408 e. The number of aromatic nitrogens is 8. The van der Waals surface area contributed by atoms with Gasteiger partial charge in [-0.05, 0) is 61.2 Å². The normalized spacial score (nSPS) is 24.0. The first-order chi connectivity index (χ1) is 22.3. The number of halogens is 5. The van der Waals surface area contributed by atoms with E-state index in [0.29, 0.717) is 28.3 Å². The number of carbonyl (C=O) groups excluding carboxylic acids is 2. The second-order valence-corrected chi connectivity index (χ2v) is 13.0. The van der Waals surface area contributed by atoms with E-state index in [1.807, 2.05) is 0 Å². The number of rotatable bonds is 9. The van der Waals surface area contributed by atoms with E-state index in [4.69, 9.17) is 4.63 Å². The molecule has 2 saturated carbocycles. The fourth-order valence-corrected chi connectivity index (χ4v) is 6.81. The summed E-state index contributed by atoms with van der Waals surface area (Å²) < 4.78 is 75.7. The molecule has 3 aliphatic rings. The Morgan fingerprint density at radius 3 is 2.55 bits per heavy atom. The van der Waals surface area contributed by atoms with Crippen LogP contribution in [0.1, 0.15) is 90.0 Å². The molecule has 5 heterocycles. The minimum absolute atomic E-state index is 0.0446. The van der Waals surface area contributed by atoms with Gasteiger partial charge in [0, 0.05) is 32.2 Å². The number of alkyl halides is 5. The standard InChI is InChI=1S/C29H31F5N10O3/c1-43-35-13-18(40-43)10-27(11-20(29(32,33)34)38-26(27)46)9-15-8-21-37-19(14-44(21)36-12-15)22(17-4-6-28(30,31)7-5-17)39-25(45)24-23(16-2-3-16)41-47-42-24/h8,12-14,16-17,20,22H,2-7,9-11H2,1H3,(H,38,46)(H,39,45)/t20-,22-,27+/m0/s1. The second kappa shape index (κ2) is 11.3. The van der Waals surface area contributed by atoms with Crippen LogP contribution in [0.3, 0.4) is 0 Å². The summed E-state index contributed by atoms with van der Waals surface area (Å²) >= 11 is 0. The van der Waals surface area contributed by atoms with Crippen molar-refractivity contribution < 1.29 is 36.2 Å². The van der Waals surface area contributed by atoms with Crippen molar-refractivity contribution in [3.05, 3.63) is 53.0 Å². The van der Waals surface area contributed by atoms with Gasteiger partial charge in [-0.25, -0.2) is 22.9 Å². The largest absolute Gasteiger partial charge is 0.408 e. The van der Waals surface area contributed by atoms with E-state index in [0.717, 1.165) is 12.8 Å². The maximum absolute atomic E-state index is 14.1. The van der Waals surface area contributed by atoms with Crippen LogP contribution in [-0.2, 0) is 24.7 Å². The van der Waals surface area contributed by atoms with Crippen molar-refractivity contribution in [2.24, 2.45) is 18.4 Å². The number of imidazole rings is 1. The molecular weight excluding hydrogens is 631 g/mol. The number of hydrogen-bond donors (Lipinski definition) is 2. The van der Waals surface area contributed by atoms with Gasteiger partial charge in [-0.15, -0.1) is 0 Å². The molecule has 7 rings (SSSR count). The van der Waals surface area contributed by atoms with Crippen LogP contribution in [0.5, 0.6) is 0 Å². The van der Waals surface area contributed by atoms with E-state index < -0.39 is 47.8 Å². The number of aryl methyl sites for hydroxylation is 1.